The average molecular weight is 629 g/mol. The molecule has 2 amide bonds. The predicted molar refractivity (Wildman–Crippen MR) is 164 cm³/mol. The molecule has 3 aromatic carbocycles. The number of amides is 2. The number of aryl methyl sites for hydroxylation is 2. The monoisotopic (exact) mass is 627 g/mol. The molecule has 9 heteroatoms. The van der Waals surface area contributed by atoms with Crippen molar-refractivity contribution in [2.45, 2.75) is 64.4 Å². The van der Waals surface area contributed by atoms with E-state index in [2.05, 4.69) is 21.2 Å². The number of carbonyl (C=O) groups is 2. The summed E-state index contributed by atoms with van der Waals surface area (Å²) in [5, 5.41) is 2.95. The lowest BCUT2D eigenvalue weighted by atomic mass is 10.1. The minimum absolute atomic E-state index is 0.0836. The van der Waals surface area contributed by atoms with E-state index in [0.29, 0.717) is 23.1 Å². The first-order chi connectivity index (χ1) is 19.1. The smallest absolute Gasteiger partial charge is 0.264 e. The molecule has 0 aliphatic heterocycles. The highest BCUT2D eigenvalue weighted by atomic mass is 79.9. The Hall–Kier alpha value is -3.17. The van der Waals surface area contributed by atoms with Gasteiger partial charge in [-0.25, -0.2) is 8.42 Å². The number of nitrogens with zero attached hydrogens (tertiary/aromatic N) is 2. The number of carbonyl (C=O) groups excluding carboxylic acids is 2. The fourth-order valence-corrected chi connectivity index (χ4v) is 6.11. The first-order valence-corrected chi connectivity index (χ1v) is 15.8. The normalized spacial score (nSPS) is 12.0. The average Bonchev–Trinajstić information content (AvgIpc) is 2.93. The fraction of sp³-hybridized carbons (Fsp3) is 0.355. The number of hydrogen-bond donors (Lipinski definition) is 1. The van der Waals surface area contributed by atoms with Crippen molar-refractivity contribution < 1.29 is 18.0 Å². The quantitative estimate of drug-likeness (QED) is 0.236. The topological polar surface area (TPSA) is 86.8 Å². The third-order valence-corrected chi connectivity index (χ3v) is 8.95. The Bertz CT molecular complexity index is 1390. The van der Waals surface area contributed by atoms with Gasteiger partial charge in [0.25, 0.3) is 10.0 Å². The molecule has 0 bridgehead atoms. The Kier molecular flexibility index (Phi) is 11.3. The van der Waals surface area contributed by atoms with Gasteiger partial charge in [-0.15, -0.1) is 0 Å². The summed E-state index contributed by atoms with van der Waals surface area (Å²) < 4.78 is 29.6. The highest BCUT2D eigenvalue weighted by Crippen LogP contribution is 2.27. The van der Waals surface area contributed by atoms with Gasteiger partial charge in [-0.3, -0.25) is 13.9 Å². The van der Waals surface area contributed by atoms with Crippen LogP contribution in [-0.2, 0) is 26.2 Å². The zero-order valence-corrected chi connectivity index (χ0v) is 26.0. The van der Waals surface area contributed by atoms with Gasteiger partial charge in [0.2, 0.25) is 11.8 Å². The molecule has 0 radical (unpaired) electrons. The molecule has 0 aromatic heterocycles. The number of halogens is 1. The Morgan fingerprint density at radius 3 is 2.12 bits per heavy atom. The largest absolute Gasteiger partial charge is 0.354 e. The summed E-state index contributed by atoms with van der Waals surface area (Å²) in [6, 6.07) is 20.4. The van der Waals surface area contributed by atoms with Crippen molar-refractivity contribution >= 4 is 43.5 Å². The SMILES string of the molecule is CCCCNC(=O)C(CC)N(Cc1ccc(C)cc1)C(=O)CN(c1cccc(Br)c1)S(=O)(=O)c1ccc(C)cc1. The maximum Gasteiger partial charge on any atom is 0.264 e. The first kappa shape index (κ1) is 31.4. The number of rotatable bonds is 13. The van der Waals surface area contributed by atoms with Crippen LogP contribution in [0.3, 0.4) is 0 Å². The van der Waals surface area contributed by atoms with Gasteiger partial charge in [-0.1, -0.05) is 89.8 Å². The Morgan fingerprint density at radius 2 is 1.55 bits per heavy atom. The number of hydrogen-bond acceptors (Lipinski definition) is 4. The molecule has 0 fully saturated rings. The Labute approximate surface area is 246 Å². The van der Waals surface area contributed by atoms with E-state index in [1.54, 1.807) is 48.5 Å². The zero-order valence-electron chi connectivity index (χ0n) is 23.6. The molecule has 0 saturated heterocycles. The predicted octanol–water partition coefficient (Wildman–Crippen LogP) is 5.98. The summed E-state index contributed by atoms with van der Waals surface area (Å²) in [6.45, 7) is 7.99. The van der Waals surface area contributed by atoms with Crippen LogP contribution in [0.2, 0.25) is 0 Å². The molecule has 3 rings (SSSR count). The second kappa shape index (κ2) is 14.5. The molecular formula is C31H38BrN3O4S. The van der Waals surface area contributed by atoms with E-state index in [9.17, 15) is 18.0 Å². The number of unbranched alkanes of at least 4 members (excludes halogenated alkanes) is 1. The van der Waals surface area contributed by atoms with Gasteiger partial charge in [0.05, 0.1) is 10.6 Å². The van der Waals surface area contributed by atoms with Crippen molar-refractivity contribution in [2.75, 3.05) is 17.4 Å². The van der Waals surface area contributed by atoms with Gasteiger partial charge in [0.15, 0.2) is 0 Å². The van der Waals surface area contributed by atoms with E-state index in [-0.39, 0.29) is 17.3 Å². The standard InChI is InChI=1S/C31H38BrN3O4S/c1-5-7-19-33-31(37)29(6-2)34(21-25-15-11-23(3)12-16-25)30(36)22-35(27-10-8-9-26(32)20-27)40(38,39)28-17-13-24(4)14-18-28/h8-18,20,29H,5-7,19,21-22H2,1-4H3,(H,33,37). The molecule has 40 heavy (non-hydrogen) atoms. The number of sulfonamides is 1. The second-order valence-corrected chi connectivity index (χ2v) is 12.7. The molecule has 1 atom stereocenters. The van der Waals surface area contributed by atoms with Crippen LogP contribution >= 0.6 is 15.9 Å². The molecule has 1 N–H and O–H groups in total. The van der Waals surface area contributed by atoms with E-state index in [4.69, 9.17) is 0 Å². The fourth-order valence-electron chi connectivity index (χ4n) is 4.31. The number of benzene rings is 3. The molecule has 0 aliphatic carbocycles. The summed E-state index contributed by atoms with van der Waals surface area (Å²) in [7, 11) is -4.10. The molecule has 1 unspecified atom stereocenters. The summed E-state index contributed by atoms with van der Waals surface area (Å²) in [4.78, 5) is 28.9. The Morgan fingerprint density at radius 1 is 0.925 bits per heavy atom. The third kappa shape index (κ3) is 8.17. The van der Waals surface area contributed by atoms with Gasteiger partial charge in [-0.05, 0) is 62.6 Å². The lowest BCUT2D eigenvalue weighted by molar-refractivity contribution is -0.140. The Balaban J connectivity index is 2.03. The van der Waals surface area contributed by atoms with Crippen LogP contribution in [0.4, 0.5) is 5.69 Å². The zero-order chi connectivity index (χ0) is 29.3. The highest BCUT2D eigenvalue weighted by Gasteiger charge is 2.33. The molecule has 0 spiro atoms. The molecular weight excluding hydrogens is 590 g/mol. The maximum atomic E-state index is 14.1. The number of nitrogens with one attached hydrogen (secondary N) is 1. The van der Waals surface area contributed by atoms with Gasteiger partial charge in [0, 0.05) is 17.6 Å². The van der Waals surface area contributed by atoms with Crippen molar-refractivity contribution in [3.8, 4) is 0 Å². The summed E-state index contributed by atoms with van der Waals surface area (Å²) in [6.07, 6.45) is 2.15. The van der Waals surface area contributed by atoms with E-state index >= 15 is 0 Å². The van der Waals surface area contributed by atoms with Crippen LogP contribution in [0.1, 0.15) is 49.8 Å². The second-order valence-electron chi connectivity index (χ2n) is 9.88. The van der Waals surface area contributed by atoms with E-state index in [0.717, 1.165) is 33.8 Å². The molecule has 3 aromatic rings. The van der Waals surface area contributed by atoms with Crippen LogP contribution in [-0.4, -0.2) is 44.3 Å². The van der Waals surface area contributed by atoms with Gasteiger partial charge in [-0.2, -0.15) is 0 Å². The van der Waals surface area contributed by atoms with Crippen molar-refractivity contribution in [3.05, 3.63) is 94.0 Å². The summed E-state index contributed by atoms with van der Waals surface area (Å²) >= 11 is 3.42. The minimum Gasteiger partial charge on any atom is -0.354 e. The lowest BCUT2D eigenvalue weighted by Gasteiger charge is -2.33. The maximum absolute atomic E-state index is 14.1. The molecule has 0 heterocycles. The van der Waals surface area contributed by atoms with Gasteiger partial charge >= 0.3 is 0 Å². The molecule has 7 nitrogen and oxygen atoms in total. The molecule has 0 aliphatic rings. The number of anilines is 1. The van der Waals surface area contributed by atoms with Crippen LogP contribution in [0.15, 0.2) is 82.2 Å². The van der Waals surface area contributed by atoms with Crippen molar-refractivity contribution in [1.82, 2.24) is 10.2 Å². The first-order valence-electron chi connectivity index (χ1n) is 13.5. The molecule has 214 valence electrons. The summed E-state index contributed by atoms with van der Waals surface area (Å²) in [5.41, 5.74) is 3.21. The van der Waals surface area contributed by atoms with E-state index in [1.807, 2.05) is 52.0 Å². The molecule has 0 saturated carbocycles. The van der Waals surface area contributed by atoms with Crippen LogP contribution in [0, 0.1) is 13.8 Å². The van der Waals surface area contributed by atoms with Crippen LogP contribution < -0.4 is 9.62 Å². The van der Waals surface area contributed by atoms with Gasteiger partial charge < -0.3 is 10.2 Å². The third-order valence-electron chi connectivity index (χ3n) is 6.67. The lowest BCUT2D eigenvalue weighted by Crippen LogP contribution is -2.52. The van der Waals surface area contributed by atoms with E-state index < -0.39 is 28.5 Å². The van der Waals surface area contributed by atoms with E-state index in [1.165, 1.54) is 4.90 Å². The van der Waals surface area contributed by atoms with Gasteiger partial charge in [0.1, 0.15) is 12.6 Å². The van der Waals surface area contributed by atoms with Crippen molar-refractivity contribution in [1.29, 1.82) is 0 Å². The highest BCUT2D eigenvalue weighted by molar-refractivity contribution is 9.10. The van der Waals surface area contributed by atoms with Crippen LogP contribution in [0.25, 0.3) is 0 Å². The van der Waals surface area contributed by atoms with Crippen molar-refractivity contribution in [3.63, 3.8) is 0 Å². The summed E-state index contributed by atoms with van der Waals surface area (Å²) in [5.74, 6) is -0.708. The minimum atomic E-state index is -4.10. The van der Waals surface area contributed by atoms with Crippen LogP contribution in [0.5, 0.6) is 0 Å². The van der Waals surface area contributed by atoms with Crippen molar-refractivity contribution in [2.24, 2.45) is 0 Å².